The first-order valence-electron chi connectivity index (χ1n) is 5.85. The van der Waals surface area contributed by atoms with Crippen LogP contribution in [0.4, 0.5) is 5.69 Å². The molecule has 1 unspecified atom stereocenters. The van der Waals surface area contributed by atoms with Crippen LogP contribution in [-0.4, -0.2) is 7.11 Å². The summed E-state index contributed by atoms with van der Waals surface area (Å²) in [5.74, 6) is 0.883. The van der Waals surface area contributed by atoms with Crippen LogP contribution in [0.2, 0.25) is 0 Å². The number of hydrogen-bond donors (Lipinski definition) is 1. The van der Waals surface area contributed by atoms with Crippen LogP contribution in [0.25, 0.3) is 0 Å². The van der Waals surface area contributed by atoms with Crippen LogP contribution in [-0.2, 0) is 0 Å². The summed E-state index contributed by atoms with van der Waals surface area (Å²) in [6.45, 7) is 2.13. The van der Waals surface area contributed by atoms with E-state index in [1.54, 1.807) is 7.11 Å². The van der Waals surface area contributed by atoms with Crippen LogP contribution in [0.1, 0.15) is 18.5 Å². The molecule has 1 atom stereocenters. The van der Waals surface area contributed by atoms with Crippen molar-refractivity contribution in [3.8, 4) is 5.75 Å². The number of rotatable bonds is 4. The van der Waals surface area contributed by atoms with Gasteiger partial charge in [-0.05, 0) is 52.7 Å². The van der Waals surface area contributed by atoms with E-state index < -0.39 is 0 Å². The quantitative estimate of drug-likeness (QED) is 0.889. The first-order chi connectivity index (χ1) is 8.70. The summed E-state index contributed by atoms with van der Waals surface area (Å²) in [6.07, 6.45) is 0. The minimum absolute atomic E-state index is 0.221. The van der Waals surface area contributed by atoms with Gasteiger partial charge < -0.3 is 10.1 Å². The second-order valence-corrected chi connectivity index (χ2v) is 4.98. The molecule has 0 saturated carbocycles. The molecular formula is C15H16BrNO. The highest BCUT2D eigenvalue weighted by Crippen LogP contribution is 2.27. The second-order valence-electron chi connectivity index (χ2n) is 4.12. The lowest BCUT2D eigenvalue weighted by Gasteiger charge is -2.17. The van der Waals surface area contributed by atoms with E-state index in [1.807, 2.05) is 30.3 Å². The normalized spacial score (nSPS) is 11.9. The fourth-order valence-electron chi connectivity index (χ4n) is 1.81. The highest BCUT2D eigenvalue weighted by atomic mass is 79.9. The molecular weight excluding hydrogens is 290 g/mol. The fraction of sp³-hybridized carbons (Fsp3) is 0.200. The van der Waals surface area contributed by atoms with Crippen molar-refractivity contribution in [1.29, 1.82) is 0 Å². The molecule has 2 aromatic carbocycles. The molecule has 0 radical (unpaired) electrons. The Morgan fingerprint density at radius 2 is 1.89 bits per heavy atom. The average molecular weight is 306 g/mol. The van der Waals surface area contributed by atoms with E-state index in [0.29, 0.717) is 0 Å². The Balaban J connectivity index is 2.16. The summed E-state index contributed by atoms with van der Waals surface area (Å²) in [4.78, 5) is 0. The molecule has 0 aromatic heterocycles. The van der Waals surface area contributed by atoms with E-state index in [1.165, 1.54) is 5.56 Å². The van der Waals surface area contributed by atoms with Gasteiger partial charge in [0.05, 0.1) is 7.11 Å². The molecule has 0 amide bonds. The number of anilines is 1. The van der Waals surface area contributed by atoms with Crippen LogP contribution in [0.5, 0.6) is 5.75 Å². The number of benzene rings is 2. The zero-order valence-corrected chi connectivity index (χ0v) is 12.1. The van der Waals surface area contributed by atoms with Crippen LogP contribution in [0.3, 0.4) is 0 Å². The van der Waals surface area contributed by atoms with Crippen LogP contribution < -0.4 is 10.1 Å². The number of ether oxygens (including phenoxy) is 1. The summed E-state index contributed by atoms with van der Waals surface area (Å²) in [6, 6.07) is 16.4. The monoisotopic (exact) mass is 305 g/mol. The highest BCUT2D eigenvalue weighted by molar-refractivity contribution is 9.10. The number of methoxy groups -OCH3 is 1. The van der Waals surface area contributed by atoms with E-state index in [4.69, 9.17) is 4.74 Å². The molecule has 3 heteroatoms. The summed E-state index contributed by atoms with van der Waals surface area (Å²) >= 11 is 3.54. The van der Waals surface area contributed by atoms with Gasteiger partial charge in [-0.2, -0.15) is 0 Å². The highest BCUT2D eigenvalue weighted by Gasteiger charge is 2.07. The van der Waals surface area contributed by atoms with Gasteiger partial charge in [0.2, 0.25) is 0 Å². The van der Waals surface area contributed by atoms with Crippen molar-refractivity contribution in [2.45, 2.75) is 13.0 Å². The molecule has 0 saturated heterocycles. The van der Waals surface area contributed by atoms with E-state index in [0.717, 1.165) is 15.9 Å². The Morgan fingerprint density at radius 1 is 1.11 bits per heavy atom. The van der Waals surface area contributed by atoms with Crippen LogP contribution >= 0.6 is 15.9 Å². The molecule has 0 aliphatic heterocycles. The molecule has 2 rings (SSSR count). The molecule has 0 spiro atoms. The number of nitrogens with one attached hydrogen (secondary N) is 1. The van der Waals surface area contributed by atoms with E-state index in [9.17, 15) is 0 Å². The van der Waals surface area contributed by atoms with E-state index in [2.05, 4.69) is 46.4 Å². The minimum atomic E-state index is 0.221. The largest absolute Gasteiger partial charge is 0.497 e. The smallest absolute Gasteiger partial charge is 0.119 e. The SMILES string of the molecule is COc1cccc(C(C)Nc2ccccc2Br)c1. The Morgan fingerprint density at radius 3 is 2.61 bits per heavy atom. The second kappa shape index (κ2) is 5.91. The molecule has 0 aliphatic rings. The van der Waals surface area contributed by atoms with Gasteiger partial charge in [-0.1, -0.05) is 24.3 Å². The molecule has 94 valence electrons. The third-order valence-corrected chi connectivity index (χ3v) is 3.53. The van der Waals surface area contributed by atoms with E-state index >= 15 is 0 Å². The van der Waals surface area contributed by atoms with Crippen molar-refractivity contribution in [2.24, 2.45) is 0 Å². The van der Waals surface area contributed by atoms with Gasteiger partial charge in [-0.3, -0.25) is 0 Å². The van der Waals surface area contributed by atoms with Crippen LogP contribution in [0.15, 0.2) is 53.0 Å². The van der Waals surface area contributed by atoms with Crippen molar-refractivity contribution in [2.75, 3.05) is 12.4 Å². The fourth-order valence-corrected chi connectivity index (χ4v) is 2.20. The van der Waals surface area contributed by atoms with Crippen molar-refractivity contribution in [3.05, 3.63) is 58.6 Å². The van der Waals surface area contributed by atoms with Crippen molar-refractivity contribution < 1.29 is 4.74 Å². The van der Waals surface area contributed by atoms with Gasteiger partial charge in [0.25, 0.3) is 0 Å². The molecule has 0 heterocycles. The zero-order chi connectivity index (χ0) is 13.0. The molecule has 2 aromatic rings. The van der Waals surface area contributed by atoms with Crippen molar-refractivity contribution >= 4 is 21.6 Å². The first-order valence-corrected chi connectivity index (χ1v) is 6.65. The lowest BCUT2D eigenvalue weighted by molar-refractivity contribution is 0.414. The molecule has 0 fully saturated rings. The summed E-state index contributed by atoms with van der Waals surface area (Å²) in [5, 5.41) is 3.48. The van der Waals surface area contributed by atoms with Gasteiger partial charge in [0.15, 0.2) is 0 Å². The standard InChI is InChI=1S/C15H16BrNO/c1-11(12-6-5-7-13(10-12)18-2)17-15-9-4-3-8-14(15)16/h3-11,17H,1-2H3. The van der Waals surface area contributed by atoms with Crippen molar-refractivity contribution in [1.82, 2.24) is 0 Å². The van der Waals surface area contributed by atoms with Gasteiger partial charge in [0, 0.05) is 16.2 Å². The third-order valence-electron chi connectivity index (χ3n) is 2.84. The molecule has 18 heavy (non-hydrogen) atoms. The number of halogens is 1. The Labute approximate surface area is 116 Å². The topological polar surface area (TPSA) is 21.3 Å². The predicted octanol–water partition coefficient (Wildman–Crippen LogP) is 4.63. The summed E-state index contributed by atoms with van der Waals surface area (Å²) < 4.78 is 6.31. The maximum atomic E-state index is 5.24. The number of hydrogen-bond acceptors (Lipinski definition) is 2. The average Bonchev–Trinajstić information content (AvgIpc) is 2.41. The maximum Gasteiger partial charge on any atom is 0.119 e. The first kappa shape index (κ1) is 13.0. The Bertz CT molecular complexity index is 527. The van der Waals surface area contributed by atoms with E-state index in [-0.39, 0.29) is 6.04 Å². The Hall–Kier alpha value is -1.48. The molecule has 1 N–H and O–H groups in total. The lowest BCUT2D eigenvalue weighted by atomic mass is 10.1. The lowest BCUT2D eigenvalue weighted by Crippen LogP contribution is -2.07. The van der Waals surface area contributed by atoms with Crippen LogP contribution in [0, 0.1) is 0 Å². The summed E-state index contributed by atoms with van der Waals surface area (Å²) in [7, 11) is 1.69. The molecule has 0 aliphatic carbocycles. The van der Waals surface area contributed by atoms with Crippen molar-refractivity contribution in [3.63, 3.8) is 0 Å². The molecule has 2 nitrogen and oxygen atoms in total. The maximum absolute atomic E-state index is 5.24. The van der Waals surface area contributed by atoms with Gasteiger partial charge in [-0.15, -0.1) is 0 Å². The van der Waals surface area contributed by atoms with Gasteiger partial charge in [0.1, 0.15) is 5.75 Å². The predicted molar refractivity (Wildman–Crippen MR) is 79.2 cm³/mol. The molecule has 0 bridgehead atoms. The number of para-hydroxylation sites is 1. The van der Waals surface area contributed by atoms with Gasteiger partial charge >= 0.3 is 0 Å². The minimum Gasteiger partial charge on any atom is -0.497 e. The zero-order valence-electron chi connectivity index (χ0n) is 10.5. The third kappa shape index (κ3) is 3.05. The summed E-state index contributed by atoms with van der Waals surface area (Å²) in [5.41, 5.74) is 2.29. The Kier molecular flexibility index (Phi) is 4.26. The van der Waals surface area contributed by atoms with Gasteiger partial charge in [-0.25, -0.2) is 0 Å².